The molecule has 1 heterocycles. The summed E-state index contributed by atoms with van der Waals surface area (Å²) in [5.74, 6) is -0.686. The normalized spacial score (nSPS) is 11.9. The first-order valence-corrected chi connectivity index (χ1v) is 12.0. The van der Waals surface area contributed by atoms with Crippen LogP contribution >= 0.6 is 0 Å². The third-order valence-electron chi connectivity index (χ3n) is 6.04. The SMILES string of the molecule is CCCC(CC)Oc1cc2c(Nc3cc(-c4ccc(F)cc4F)c(F)cc3OC)ncnc2cc1OC. The van der Waals surface area contributed by atoms with E-state index in [1.807, 2.05) is 0 Å². The summed E-state index contributed by atoms with van der Waals surface area (Å²) >= 11 is 0. The molecule has 0 fully saturated rings. The van der Waals surface area contributed by atoms with Crippen molar-refractivity contribution in [1.29, 1.82) is 0 Å². The van der Waals surface area contributed by atoms with Crippen molar-refractivity contribution < 1.29 is 27.4 Å². The van der Waals surface area contributed by atoms with Crippen LogP contribution in [0.1, 0.15) is 33.1 Å². The molecule has 0 spiro atoms. The molecular weight excluding hydrogens is 483 g/mol. The van der Waals surface area contributed by atoms with Crippen molar-refractivity contribution in [3.05, 3.63) is 66.2 Å². The molecule has 3 aromatic carbocycles. The molecular formula is C28H28F3N3O3. The highest BCUT2D eigenvalue weighted by Gasteiger charge is 2.19. The Labute approximate surface area is 213 Å². The van der Waals surface area contributed by atoms with E-state index in [0.717, 1.165) is 31.4 Å². The molecule has 0 aliphatic carbocycles. The highest BCUT2D eigenvalue weighted by Crippen LogP contribution is 2.39. The molecule has 6 nitrogen and oxygen atoms in total. The van der Waals surface area contributed by atoms with E-state index in [1.165, 1.54) is 25.6 Å². The lowest BCUT2D eigenvalue weighted by molar-refractivity contribution is 0.178. The van der Waals surface area contributed by atoms with Crippen LogP contribution in [-0.4, -0.2) is 30.3 Å². The predicted octanol–water partition coefficient (Wildman–Crippen LogP) is 7.43. The molecule has 4 rings (SSSR count). The van der Waals surface area contributed by atoms with Crippen LogP contribution in [0.2, 0.25) is 0 Å². The van der Waals surface area contributed by atoms with E-state index in [2.05, 4.69) is 29.1 Å². The monoisotopic (exact) mass is 511 g/mol. The summed E-state index contributed by atoms with van der Waals surface area (Å²) in [4.78, 5) is 8.72. The van der Waals surface area contributed by atoms with E-state index >= 15 is 0 Å². The Bertz CT molecular complexity index is 1410. The Hall–Kier alpha value is -4.01. The van der Waals surface area contributed by atoms with Crippen LogP contribution in [0.15, 0.2) is 48.8 Å². The van der Waals surface area contributed by atoms with Crippen molar-refractivity contribution in [3.8, 4) is 28.4 Å². The van der Waals surface area contributed by atoms with Gasteiger partial charge in [-0.3, -0.25) is 0 Å². The second-order valence-electron chi connectivity index (χ2n) is 8.46. The third-order valence-corrected chi connectivity index (χ3v) is 6.04. The Morgan fingerprint density at radius 3 is 2.27 bits per heavy atom. The molecule has 9 heteroatoms. The molecule has 0 saturated carbocycles. The molecule has 4 aromatic rings. The number of nitrogens with zero attached hydrogens (tertiary/aromatic N) is 2. The van der Waals surface area contributed by atoms with Gasteiger partial charge in [0.15, 0.2) is 11.5 Å². The van der Waals surface area contributed by atoms with E-state index in [1.54, 1.807) is 19.2 Å². The van der Waals surface area contributed by atoms with E-state index in [0.29, 0.717) is 40.0 Å². The van der Waals surface area contributed by atoms with Crippen molar-refractivity contribution in [2.45, 2.75) is 39.2 Å². The van der Waals surface area contributed by atoms with Crippen molar-refractivity contribution in [2.75, 3.05) is 19.5 Å². The van der Waals surface area contributed by atoms with Gasteiger partial charge < -0.3 is 19.5 Å². The molecule has 1 atom stereocenters. The number of aromatic nitrogens is 2. The zero-order chi connectivity index (χ0) is 26.5. The smallest absolute Gasteiger partial charge is 0.162 e. The number of ether oxygens (including phenoxy) is 3. The van der Waals surface area contributed by atoms with Gasteiger partial charge in [0.1, 0.15) is 35.3 Å². The second kappa shape index (κ2) is 11.4. The van der Waals surface area contributed by atoms with Gasteiger partial charge in [0.25, 0.3) is 0 Å². The third kappa shape index (κ3) is 5.55. The van der Waals surface area contributed by atoms with Crippen LogP contribution in [0.3, 0.4) is 0 Å². The van der Waals surface area contributed by atoms with Gasteiger partial charge in [0.05, 0.1) is 31.5 Å². The molecule has 1 unspecified atom stereocenters. The summed E-state index contributed by atoms with van der Waals surface area (Å²) in [5.41, 5.74) is 0.781. The maximum atomic E-state index is 14.9. The zero-order valence-corrected chi connectivity index (χ0v) is 21.1. The number of halogens is 3. The average molecular weight is 512 g/mol. The van der Waals surface area contributed by atoms with Gasteiger partial charge in [0, 0.05) is 34.7 Å². The maximum Gasteiger partial charge on any atom is 0.162 e. The fourth-order valence-corrected chi connectivity index (χ4v) is 4.13. The van der Waals surface area contributed by atoms with Crippen molar-refractivity contribution >= 4 is 22.4 Å². The van der Waals surface area contributed by atoms with E-state index in [4.69, 9.17) is 14.2 Å². The van der Waals surface area contributed by atoms with Gasteiger partial charge in [-0.1, -0.05) is 20.3 Å². The number of rotatable bonds is 10. The van der Waals surface area contributed by atoms with Crippen molar-refractivity contribution in [1.82, 2.24) is 9.97 Å². The Kier molecular flexibility index (Phi) is 8.01. The molecule has 194 valence electrons. The minimum absolute atomic E-state index is 0.0164. The van der Waals surface area contributed by atoms with E-state index < -0.39 is 17.5 Å². The molecule has 0 bridgehead atoms. The van der Waals surface area contributed by atoms with Crippen molar-refractivity contribution in [2.24, 2.45) is 0 Å². The minimum atomic E-state index is -0.881. The summed E-state index contributed by atoms with van der Waals surface area (Å²) < 4.78 is 59.9. The molecule has 0 radical (unpaired) electrons. The number of fused-ring (bicyclic) bond motifs is 1. The minimum Gasteiger partial charge on any atom is -0.494 e. The van der Waals surface area contributed by atoms with Gasteiger partial charge in [-0.05, 0) is 37.1 Å². The lowest BCUT2D eigenvalue weighted by Gasteiger charge is -2.20. The highest BCUT2D eigenvalue weighted by molar-refractivity contribution is 5.94. The summed E-state index contributed by atoms with van der Waals surface area (Å²) in [6.07, 6.45) is 4.10. The van der Waals surface area contributed by atoms with E-state index in [-0.39, 0.29) is 23.0 Å². The van der Waals surface area contributed by atoms with E-state index in [9.17, 15) is 13.2 Å². The standard InChI is InChI=1S/C28H28F3N3O3/c1-5-7-17(6-2)37-27-12-20-23(14-26(27)36-4)32-15-33-28(20)34-24-11-19(22(31)13-25(24)35-3)18-9-8-16(29)10-21(18)30/h8-15,17H,5-7H2,1-4H3,(H,32,33,34). The first-order chi connectivity index (χ1) is 17.9. The Morgan fingerprint density at radius 1 is 0.838 bits per heavy atom. The lowest BCUT2D eigenvalue weighted by atomic mass is 10.0. The summed E-state index contributed by atoms with van der Waals surface area (Å²) in [6.45, 7) is 4.16. The number of nitrogens with one attached hydrogen (secondary N) is 1. The van der Waals surface area contributed by atoms with Crippen LogP contribution in [0, 0.1) is 17.5 Å². The molecule has 0 aliphatic rings. The van der Waals surface area contributed by atoms with Crippen LogP contribution in [0.25, 0.3) is 22.0 Å². The predicted molar refractivity (Wildman–Crippen MR) is 137 cm³/mol. The topological polar surface area (TPSA) is 65.5 Å². The number of hydrogen-bond acceptors (Lipinski definition) is 6. The fourth-order valence-electron chi connectivity index (χ4n) is 4.13. The number of hydrogen-bond donors (Lipinski definition) is 1. The summed E-state index contributed by atoms with van der Waals surface area (Å²) in [5, 5.41) is 3.79. The molecule has 1 N–H and O–H groups in total. The first-order valence-electron chi connectivity index (χ1n) is 12.0. The second-order valence-corrected chi connectivity index (χ2v) is 8.46. The fraction of sp³-hybridized carbons (Fsp3) is 0.286. The van der Waals surface area contributed by atoms with Crippen LogP contribution in [-0.2, 0) is 0 Å². The van der Waals surface area contributed by atoms with Gasteiger partial charge >= 0.3 is 0 Å². The number of anilines is 2. The average Bonchev–Trinajstić information content (AvgIpc) is 2.89. The molecule has 0 saturated heterocycles. The lowest BCUT2D eigenvalue weighted by Crippen LogP contribution is -2.15. The van der Waals surface area contributed by atoms with Gasteiger partial charge in [0.2, 0.25) is 0 Å². The van der Waals surface area contributed by atoms with Gasteiger partial charge in [-0.2, -0.15) is 0 Å². The highest BCUT2D eigenvalue weighted by atomic mass is 19.1. The summed E-state index contributed by atoms with van der Waals surface area (Å²) in [6, 6.07) is 9.06. The van der Waals surface area contributed by atoms with Crippen molar-refractivity contribution in [3.63, 3.8) is 0 Å². The first kappa shape index (κ1) is 26.1. The van der Waals surface area contributed by atoms with Crippen LogP contribution in [0.5, 0.6) is 17.2 Å². The molecule has 37 heavy (non-hydrogen) atoms. The zero-order valence-electron chi connectivity index (χ0n) is 21.1. The molecule has 0 aliphatic heterocycles. The van der Waals surface area contributed by atoms with Gasteiger partial charge in [-0.25, -0.2) is 23.1 Å². The maximum absolute atomic E-state index is 14.9. The number of benzene rings is 3. The number of methoxy groups -OCH3 is 2. The molecule has 1 aromatic heterocycles. The van der Waals surface area contributed by atoms with Crippen LogP contribution in [0.4, 0.5) is 24.7 Å². The van der Waals surface area contributed by atoms with Gasteiger partial charge in [-0.15, -0.1) is 0 Å². The van der Waals surface area contributed by atoms with Crippen LogP contribution < -0.4 is 19.5 Å². The summed E-state index contributed by atoms with van der Waals surface area (Å²) in [7, 11) is 2.96. The quantitative estimate of drug-likeness (QED) is 0.239. The largest absolute Gasteiger partial charge is 0.494 e. The Morgan fingerprint density at radius 2 is 1.59 bits per heavy atom. The Balaban J connectivity index is 1.80. The molecule has 0 amide bonds.